The van der Waals surface area contributed by atoms with E-state index in [1.165, 1.54) is 22.3 Å². The van der Waals surface area contributed by atoms with Gasteiger partial charge in [0.05, 0.1) is 7.11 Å². The Kier molecular flexibility index (Phi) is 4.49. The summed E-state index contributed by atoms with van der Waals surface area (Å²) in [5.41, 5.74) is 5.64. The molecule has 0 radical (unpaired) electrons. The number of ether oxygens (including phenoxy) is 1. The molecule has 22 heavy (non-hydrogen) atoms. The van der Waals surface area contributed by atoms with E-state index in [0.717, 1.165) is 25.0 Å². The van der Waals surface area contributed by atoms with E-state index in [0.29, 0.717) is 11.8 Å². The molecular weight excluding hydrogens is 272 g/mol. The normalized spacial score (nSPS) is 18.0. The Morgan fingerprint density at radius 3 is 2.59 bits per heavy atom. The second kappa shape index (κ2) is 6.53. The van der Waals surface area contributed by atoms with Crippen molar-refractivity contribution in [1.82, 2.24) is 0 Å². The van der Waals surface area contributed by atoms with Crippen LogP contribution in [0.4, 0.5) is 0 Å². The van der Waals surface area contributed by atoms with Crippen LogP contribution < -0.4 is 4.74 Å². The van der Waals surface area contributed by atoms with E-state index in [1.54, 1.807) is 7.11 Å². The maximum Gasteiger partial charge on any atom is 0.119 e. The molecule has 0 bridgehead atoms. The first-order valence-electron chi connectivity index (χ1n) is 8.08. The van der Waals surface area contributed by atoms with E-state index in [4.69, 9.17) is 4.74 Å². The second-order valence-electron chi connectivity index (χ2n) is 6.34. The summed E-state index contributed by atoms with van der Waals surface area (Å²) in [5, 5.41) is 9.49. The molecule has 2 nitrogen and oxygen atoms in total. The van der Waals surface area contributed by atoms with Crippen LogP contribution in [0.2, 0.25) is 0 Å². The molecule has 2 aromatic rings. The average molecular weight is 296 g/mol. The quantitative estimate of drug-likeness (QED) is 0.926. The van der Waals surface area contributed by atoms with E-state index in [-0.39, 0.29) is 6.61 Å². The molecule has 2 aromatic carbocycles. The molecule has 116 valence electrons. The number of rotatable bonds is 4. The molecule has 0 amide bonds. The Balaban J connectivity index is 2.08. The van der Waals surface area contributed by atoms with Gasteiger partial charge in [-0.25, -0.2) is 0 Å². The number of aliphatic hydroxyl groups is 1. The van der Waals surface area contributed by atoms with Crippen molar-refractivity contribution >= 4 is 0 Å². The van der Waals surface area contributed by atoms with E-state index in [1.807, 2.05) is 0 Å². The fraction of sp³-hybridized carbons (Fsp3) is 0.400. The molecule has 0 spiro atoms. The highest BCUT2D eigenvalue weighted by Gasteiger charge is 2.25. The third kappa shape index (κ3) is 2.89. The predicted molar refractivity (Wildman–Crippen MR) is 89.6 cm³/mol. The summed E-state index contributed by atoms with van der Waals surface area (Å²) in [7, 11) is 1.72. The molecule has 0 aliphatic heterocycles. The number of aliphatic hydroxyl groups excluding tert-OH is 1. The minimum absolute atomic E-state index is 0.240. The van der Waals surface area contributed by atoms with Gasteiger partial charge in [0, 0.05) is 12.5 Å². The molecule has 0 heterocycles. The van der Waals surface area contributed by atoms with E-state index < -0.39 is 0 Å². The van der Waals surface area contributed by atoms with Gasteiger partial charge in [-0.05, 0) is 59.6 Å². The fourth-order valence-corrected chi connectivity index (χ4v) is 3.54. The van der Waals surface area contributed by atoms with Crippen LogP contribution in [0.3, 0.4) is 0 Å². The van der Waals surface area contributed by atoms with Crippen molar-refractivity contribution in [3.05, 3.63) is 64.7 Å². The summed E-state index contributed by atoms with van der Waals surface area (Å²) in [6.45, 7) is 2.36. The molecule has 2 heteroatoms. The number of aryl methyl sites for hydroxylation is 2. The van der Waals surface area contributed by atoms with Crippen LogP contribution in [0.5, 0.6) is 5.75 Å². The SMILES string of the molecule is COc1ccc2c(c1)CCc1ccccc1C2CC(C)CO. The lowest BCUT2D eigenvalue weighted by Gasteiger charge is -2.23. The summed E-state index contributed by atoms with van der Waals surface area (Å²) in [5.74, 6) is 1.59. The highest BCUT2D eigenvalue weighted by atomic mass is 16.5. The van der Waals surface area contributed by atoms with Crippen molar-refractivity contribution in [3.8, 4) is 5.75 Å². The first-order chi connectivity index (χ1) is 10.7. The van der Waals surface area contributed by atoms with Crippen molar-refractivity contribution in [2.24, 2.45) is 5.92 Å². The highest BCUT2D eigenvalue weighted by Crippen LogP contribution is 2.39. The summed E-state index contributed by atoms with van der Waals surface area (Å²) >= 11 is 0. The van der Waals surface area contributed by atoms with Gasteiger partial charge in [-0.15, -0.1) is 0 Å². The van der Waals surface area contributed by atoms with Crippen LogP contribution in [0, 0.1) is 5.92 Å². The number of hydrogen-bond acceptors (Lipinski definition) is 2. The smallest absolute Gasteiger partial charge is 0.119 e. The molecule has 0 aromatic heterocycles. The number of methoxy groups -OCH3 is 1. The Hall–Kier alpha value is -1.80. The van der Waals surface area contributed by atoms with Crippen molar-refractivity contribution in [2.75, 3.05) is 13.7 Å². The largest absolute Gasteiger partial charge is 0.497 e. The summed E-state index contributed by atoms with van der Waals surface area (Å²) in [6, 6.07) is 15.2. The van der Waals surface area contributed by atoms with Crippen molar-refractivity contribution in [3.63, 3.8) is 0 Å². The summed E-state index contributed by atoms with van der Waals surface area (Å²) in [6.07, 6.45) is 3.10. The van der Waals surface area contributed by atoms with Crippen LogP contribution in [-0.4, -0.2) is 18.8 Å². The van der Waals surface area contributed by atoms with Crippen molar-refractivity contribution < 1.29 is 9.84 Å². The van der Waals surface area contributed by atoms with E-state index in [9.17, 15) is 5.11 Å². The van der Waals surface area contributed by atoms with Gasteiger partial charge in [0.25, 0.3) is 0 Å². The molecule has 1 N–H and O–H groups in total. The van der Waals surface area contributed by atoms with Crippen LogP contribution >= 0.6 is 0 Å². The molecule has 0 fully saturated rings. The van der Waals surface area contributed by atoms with E-state index >= 15 is 0 Å². The van der Waals surface area contributed by atoms with Gasteiger partial charge in [-0.1, -0.05) is 37.3 Å². The first kappa shape index (κ1) is 15.1. The molecule has 2 atom stereocenters. The molecule has 1 aliphatic carbocycles. The highest BCUT2D eigenvalue weighted by molar-refractivity contribution is 5.47. The maximum atomic E-state index is 9.49. The van der Waals surface area contributed by atoms with Gasteiger partial charge in [0.15, 0.2) is 0 Å². The zero-order valence-corrected chi connectivity index (χ0v) is 13.4. The van der Waals surface area contributed by atoms with Gasteiger partial charge in [0.2, 0.25) is 0 Å². The molecule has 0 saturated heterocycles. The Bertz CT molecular complexity index is 648. The van der Waals surface area contributed by atoms with Crippen LogP contribution in [-0.2, 0) is 12.8 Å². The number of fused-ring (bicyclic) bond motifs is 2. The molecule has 1 aliphatic rings. The Labute approximate surface area is 132 Å². The first-order valence-corrected chi connectivity index (χ1v) is 8.08. The molecular formula is C20H24O2. The third-order valence-electron chi connectivity index (χ3n) is 4.77. The Morgan fingerprint density at radius 1 is 1.09 bits per heavy atom. The minimum Gasteiger partial charge on any atom is -0.497 e. The van der Waals surface area contributed by atoms with Crippen LogP contribution in [0.25, 0.3) is 0 Å². The van der Waals surface area contributed by atoms with Gasteiger partial charge in [-0.2, -0.15) is 0 Å². The minimum atomic E-state index is 0.240. The van der Waals surface area contributed by atoms with Gasteiger partial charge in [0.1, 0.15) is 5.75 Å². The monoisotopic (exact) mass is 296 g/mol. The van der Waals surface area contributed by atoms with Crippen LogP contribution in [0.15, 0.2) is 42.5 Å². The zero-order chi connectivity index (χ0) is 15.5. The fourth-order valence-electron chi connectivity index (χ4n) is 3.54. The van der Waals surface area contributed by atoms with E-state index in [2.05, 4.69) is 49.4 Å². The molecule has 2 unspecified atom stereocenters. The Morgan fingerprint density at radius 2 is 1.82 bits per heavy atom. The van der Waals surface area contributed by atoms with Gasteiger partial charge < -0.3 is 9.84 Å². The molecule has 3 rings (SSSR count). The van der Waals surface area contributed by atoms with Crippen molar-refractivity contribution in [2.45, 2.75) is 32.1 Å². The lowest BCUT2D eigenvalue weighted by atomic mass is 9.82. The molecule has 0 saturated carbocycles. The lowest BCUT2D eigenvalue weighted by Crippen LogP contribution is -2.11. The topological polar surface area (TPSA) is 29.5 Å². The predicted octanol–water partition coefficient (Wildman–Crippen LogP) is 3.94. The van der Waals surface area contributed by atoms with Gasteiger partial charge in [-0.3, -0.25) is 0 Å². The second-order valence-corrected chi connectivity index (χ2v) is 6.34. The lowest BCUT2D eigenvalue weighted by molar-refractivity contribution is 0.226. The van der Waals surface area contributed by atoms with Gasteiger partial charge >= 0.3 is 0 Å². The third-order valence-corrected chi connectivity index (χ3v) is 4.77. The van der Waals surface area contributed by atoms with Crippen LogP contribution in [0.1, 0.15) is 41.5 Å². The summed E-state index contributed by atoms with van der Waals surface area (Å²) in [4.78, 5) is 0. The van der Waals surface area contributed by atoms with Crippen molar-refractivity contribution in [1.29, 1.82) is 0 Å². The zero-order valence-electron chi connectivity index (χ0n) is 13.4. The summed E-state index contributed by atoms with van der Waals surface area (Å²) < 4.78 is 5.40. The maximum absolute atomic E-state index is 9.49. The number of hydrogen-bond donors (Lipinski definition) is 1. The average Bonchev–Trinajstić information content (AvgIpc) is 2.72. The standard InChI is InChI=1S/C20H24O2/c1-14(13-21)11-20-18-6-4-3-5-15(18)7-8-16-12-17(22-2)9-10-19(16)20/h3-6,9-10,12,14,20-21H,7-8,11,13H2,1-2H3. The number of benzene rings is 2.